The van der Waals surface area contributed by atoms with Gasteiger partial charge in [-0.05, 0) is 18.6 Å². The maximum absolute atomic E-state index is 12.5. The van der Waals surface area contributed by atoms with Crippen LogP contribution in [0.1, 0.15) is 21.6 Å². The first-order valence-electron chi connectivity index (χ1n) is 7.50. The van der Waals surface area contributed by atoms with Crippen LogP contribution in [0.3, 0.4) is 0 Å². The highest BCUT2D eigenvalue weighted by Gasteiger charge is 2.15. The molecule has 3 aromatic rings. The largest absolute Gasteiger partial charge is 0.308 e. The summed E-state index contributed by atoms with van der Waals surface area (Å²) in [4.78, 5) is 24.4. The van der Waals surface area contributed by atoms with Crippen molar-refractivity contribution in [2.75, 3.05) is 0 Å². The molecule has 0 N–H and O–H groups in total. The molecule has 2 aromatic heterocycles. The normalized spacial score (nSPS) is 10.8. The monoisotopic (exact) mass is 385 g/mol. The minimum atomic E-state index is -0.216. The first-order valence-corrected chi connectivity index (χ1v) is 8.29. The van der Waals surface area contributed by atoms with Gasteiger partial charge in [0.25, 0.3) is 5.56 Å². The Labute approximate surface area is 147 Å². The molecule has 0 bridgehead atoms. The maximum atomic E-state index is 12.5. The molecule has 1 aromatic carbocycles. The Morgan fingerprint density at radius 1 is 1.21 bits per heavy atom. The smallest absolute Gasteiger partial charge is 0.252 e. The summed E-state index contributed by atoms with van der Waals surface area (Å²) in [7, 11) is 0. The van der Waals surface area contributed by atoms with Gasteiger partial charge in [0.2, 0.25) is 0 Å². The van der Waals surface area contributed by atoms with Crippen LogP contribution < -0.4 is 5.56 Å². The lowest BCUT2D eigenvalue weighted by Gasteiger charge is -2.07. The third-order valence-corrected chi connectivity index (χ3v) is 4.34. The molecule has 0 aliphatic rings. The Morgan fingerprint density at radius 3 is 2.67 bits per heavy atom. The summed E-state index contributed by atoms with van der Waals surface area (Å²) in [5, 5.41) is 4.31. The van der Waals surface area contributed by atoms with Crippen LogP contribution in [0.4, 0.5) is 0 Å². The number of Topliss-reactive ketones (excluding diaryl/α,β-unsaturated/α-hetero) is 1. The molecule has 0 spiro atoms. The summed E-state index contributed by atoms with van der Waals surface area (Å²) in [5.74, 6) is -0.128. The molecule has 3 rings (SSSR count). The highest BCUT2D eigenvalue weighted by atomic mass is 79.9. The first kappa shape index (κ1) is 16.4. The molecule has 24 heavy (non-hydrogen) atoms. The van der Waals surface area contributed by atoms with Crippen molar-refractivity contribution in [1.29, 1.82) is 0 Å². The van der Waals surface area contributed by atoms with Gasteiger partial charge in [-0.2, -0.15) is 5.10 Å². The Morgan fingerprint density at radius 2 is 1.96 bits per heavy atom. The highest BCUT2D eigenvalue weighted by Crippen LogP contribution is 2.12. The van der Waals surface area contributed by atoms with Crippen LogP contribution in [0.25, 0.3) is 0 Å². The van der Waals surface area contributed by atoms with E-state index in [0.29, 0.717) is 16.6 Å². The van der Waals surface area contributed by atoms with Gasteiger partial charge in [-0.3, -0.25) is 14.3 Å². The van der Waals surface area contributed by atoms with Crippen molar-refractivity contribution in [1.82, 2.24) is 14.3 Å². The molecular weight excluding hydrogens is 370 g/mol. The van der Waals surface area contributed by atoms with Gasteiger partial charge in [0.05, 0.1) is 24.8 Å². The summed E-state index contributed by atoms with van der Waals surface area (Å²) in [5.41, 5.74) is 2.24. The fraction of sp³-hybridized carbons (Fsp3) is 0.167. The zero-order valence-electron chi connectivity index (χ0n) is 13.1. The molecule has 0 saturated heterocycles. The van der Waals surface area contributed by atoms with Gasteiger partial charge in [-0.25, -0.2) is 0 Å². The molecule has 6 heteroatoms. The van der Waals surface area contributed by atoms with E-state index in [0.717, 1.165) is 11.3 Å². The van der Waals surface area contributed by atoms with Crippen LogP contribution in [0.2, 0.25) is 0 Å². The lowest BCUT2D eigenvalue weighted by atomic mass is 10.1. The number of hydrogen-bond donors (Lipinski definition) is 0. The molecule has 0 fully saturated rings. The lowest BCUT2D eigenvalue weighted by Crippen LogP contribution is -2.23. The zero-order chi connectivity index (χ0) is 17.1. The topological polar surface area (TPSA) is 56.9 Å². The third-order valence-electron chi connectivity index (χ3n) is 3.85. The van der Waals surface area contributed by atoms with Crippen molar-refractivity contribution >= 4 is 21.7 Å². The molecule has 0 unspecified atom stereocenters. The van der Waals surface area contributed by atoms with Crippen LogP contribution in [-0.4, -0.2) is 20.1 Å². The number of carbonyl (C=O) groups is 1. The second kappa shape index (κ2) is 6.97. The van der Waals surface area contributed by atoms with E-state index >= 15 is 0 Å². The molecule has 0 atom stereocenters. The predicted molar refractivity (Wildman–Crippen MR) is 95.2 cm³/mol. The number of rotatable bonds is 5. The molecule has 122 valence electrons. The van der Waals surface area contributed by atoms with Crippen LogP contribution in [-0.2, 0) is 13.1 Å². The standard InChI is InChI=1S/C18H16BrN3O2/c1-13-16(10-20-22(13)11-14-5-3-2-4-6-14)17(23)12-21-8-7-15(19)9-18(21)24/h2-10H,11-12H2,1H3. The summed E-state index contributed by atoms with van der Waals surface area (Å²) in [6.07, 6.45) is 3.18. The molecule has 5 nitrogen and oxygen atoms in total. The van der Waals surface area contributed by atoms with E-state index in [1.165, 1.54) is 10.6 Å². The Hall–Kier alpha value is -2.47. The predicted octanol–water partition coefficient (Wildman–Crippen LogP) is 3.05. The summed E-state index contributed by atoms with van der Waals surface area (Å²) >= 11 is 3.24. The maximum Gasteiger partial charge on any atom is 0.252 e. The summed E-state index contributed by atoms with van der Waals surface area (Å²) in [6, 6.07) is 13.1. The van der Waals surface area contributed by atoms with Gasteiger partial charge < -0.3 is 4.57 Å². The molecule has 0 aliphatic carbocycles. The quantitative estimate of drug-likeness (QED) is 0.634. The molecule has 2 heterocycles. The van der Waals surface area contributed by atoms with Gasteiger partial charge in [0.15, 0.2) is 5.78 Å². The Bertz CT molecular complexity index is 929. The van der Waals surface area contributed by atoms with Crippen molar-refractivity contribution in [3.8, 4) is 0 Å². The van der Waals surface area contributed by atoms with Crippen molar-refractivity contribution < 1.29 is 4.79 Å². The second-order valence-corrected chi connectivity index (χ2v) is 6.44. The van der Waals surface area contributed by atoms with E-state index in [9.17, 15) is 9.59 Å². The van der Waals surface area contributed by atoms with Gasteiger partial charge in [-0.15, -0.1) is 0 Å². The van der Waals surface area contributed by atoms with E-state index in [-0.39, 0.29) is 17.9 Å². The number of nitrogens with zero attached hydrogens (tertiary/aromatic N) is 3. The molecule has 0 radical (unpaired) electrons. The van der Waals surface area contributed by atoms with Crippen molar-refractivity contribution in [3.63, 3.8) is 0 Å². The first-order chi connectivity index (χ1) is 11.5. The van der Waals surface area contributed by atoms with Gasteiger partial charge in [-0.1, -0.05) is 46.3 Å². The van der Waals surface area contributed by atoms with E-state index in [1.807, 2.05) is 37.3 Å². The number of hydrogen-bond acceptors (Lipinski definition) is 3. The highest BCUT2D eigenvalue weighted by molar-refractivity contribution is 9.10. The van der Waals surface area contributed by atoms with Crippen molar-refractivity contribution in [2.24, 2.45) is 0 Å². The van der Waals surface area contributed by atoms with Crippen molar-refractivity contribution in [3.05, 3.63) is 86.5 Å². The number of benzene rings is 1. The minimum absolute atomic E-state index is 0.00395. The molecule has 0 aliphatic heterocycles. The summed E-state index contributed by atoms with van der Waals surface area (Å²) in [6.45, 7) is 2.48. The zero-order valence-corrected chi connectivity index (χ0v) is 14.7. The van der Waals surface area contributed by atoms with Gasteiger partial charge in [0, 0.05) is 22.4 Å². The van der Waals surface area contributed by atoms with Crippen LogP contribution >= 0.6 is 15.9 Å². The van der Waals surface area contributed by atoms with E-state index < -0.39 is 0 Å². The number of halogens is 1. The van der Waals surface area contributed by atoms with Crippen molar-refractivity contribution in [2.45, 2.75) is 20.0 Å². The van der Waals surface area contributed by atoms with Gasteiger partial charge in [0.1, 0.15) is 0 Å². The van der Waals surface area contributed by atoms with E-state index in [4.69, 9.17) is 0 Å². The number of aromatic nitrogens is 3. The fourth-order valence-corrected chi connectivity index (χ4v) is 2.80. The average Bonchev–Trinajstić information content (AvgIpc) is 2.92. The van der Waals surface area contributed by atoms with Gasteiger partial charge >= 0.3 is 0 Å². The second-order valence-electron chi connectivity index (χ2n) is 5.52. The fourth-order valence-electron chi connectivity index (χ4n) is 2.49. The Kier molecular flexibility index (Phi) is 4.76. The average molecular weight is 386 g/mol. The Balaban J connectivity index is 1.80. The molecule has 0 saturated carbocycles. The SMILES string of the molecule is Cc1c(C(=O)Cn2ccc(Br)cc2=O)cnn1Cc1ccccc1. The van der Waals surface area contributed by atoms with Crippen LogP contribution in [0.5, 0.6) is 0 Å². The molecular formula is C18H16BrN3O2. The van der Waals surface area contributed by atoms with E-state index in [2.05, 4.69) is 21.0 Å². The van der Waals surface area contributed by atoms with Crippen LogP contribution in [0, 0.1) is 6.92 Å². The summed E-state index contributed by atoms with van der Waals surface area (Å²) < 4.78 is 3.89. The van der Waals surface area contributed by atoms with E-state index in [1.54, 1.807) is 23.1 Å². The number of carbonyl (C=O) groups excluding carboxylic acids is 1. The van der Waals surface area contributed by atoms with Crippen LogP contribution in [0.15, 0.2) is 64.1 Å². The number of pyridine rings is 1. The minimum Gasteiger partial charge on any atom is -0.308 e. The third kappa shape index (κ3) is 3.54. The number of ketones is 1. The molecule has 0 amide bonds. The lowest BCUT2D eigenvalue weighted by molar-refractivity contribution is 0.0970.